The number of rotatable bonds is 8. The first-order valence-corrected chi connectivity index (χ1v) is 9.78. The van der Waals surface area contributed by atoms with Crippen LogP contribution in [-0.4, -0.2) is 66.9 Å². The summed E-state index contributed by atoms with van der Waals surface area (Å²) < 4.78 is 5.97. The molecule has 0 spiro atoms. The topological polar surface area (TPSA) is 73.8 Å². The highest BCUT2D eigenvalue weighted by Crippen LogP contribution is 2.16. The summed E-state index contributed by atoms with van der Waals surface area (Å²) in [7, 11) is 0. The van der Waals surface area contributed by atoms with Crippen molar-refractivity contribution >= 4 is 5.91 Å². The Morgan fingerprint density at radius 3 is 2.73 bits per heavy atom. The fourth-order valence-corrected chi connectivity index (χ4v) is 3.65. The first-order valence-electron chi connectivity index (χ1n) is 9.78. The Labute approximate surface area is 155 Å². The van der Waals surface area contributed by atoms with E-state index >= 15 is 0 Å². The molecule has 3 rings (SSSR count). The lowest BCUT2D eigenvalue weighted by Crippen LogP contribution is -2.41. The molecule has 6 heteroatoms. The van der Waals surface area contributed by atoms with Crippen LogP contribution in [0.1, 0.15) is 31.2 Å². The molecule has 3 N–H and O–H groups in total. The molecule has 1 aromatic carbocycles. The van der Waals surface area contributed by atoms with E-state index in [2.05, 4.69) is 45.9 Å². The van der Waals surface area contributed by atoms with E-state index in [1.165, 1.54) is 5.56 Å². The minimum absolute atomic E-state index is 0.0178. The summed E-state index contributed by atoms with van der Waals surface area (Å²) in [5, 5.41) is 15.4. The molecule has 0 saturated carbocycles. The first-order chi connectivity index (χ1) is 12.7. The summed E-state index contributed by atoms with van der Waals surface area (Å²) in [6.45, 7) is 4.98. The van der Waals surface area contributed by atoms with E-state index in [1.54, 1.807) is 0 Å². The molecule has 144 valence electrons. The number of hydrogen-bond acceptors (Lipinski definition) is 5. The van der Waals surface area contributed by atoms with Gasteiger partial charge in [-0.15, -0.1) is 0 Å². The van der Waals surface area contributed by atoms with Crippen LogP contribution in [0.2, 0.25) is 0 Å². The molecule has 0 aromatic heterocycles. The highest BCUT2D eigenvalue weighted by molar-refractivity contribution is 5.82. The quantitative estimate of drug-likeness (QED) is 0.600. The Hall–Kier alpha value is -1.47. The fourth-order valence-electron chi connectivity index (χ4n) is 3.65. The number of aliphatic hydroxyl groups is 1. The predicted molar refractivity (Wildman–Crippen MR) is 101 cm³/mol. The molecule has 1 amide bonds. The van der Waals surface area contributed by atoms with Gasteiger partial charge in [0.05, 0.1) is 18.2 Å². The van der Waals surface area contributed by atoms with E-state index in [0.29, 0.717) is 32.2 Å². The number of piperidine rings is 1. The predicted octanol–water partition coefficient (Wildman–Crippen LogP) is 0.897. The Balaban J connectivity index is 1.22. The molecule has 1 aromatic rings. The number of ether oxygens (including phenoxy) is 1. The number of nitrogens with zero attached hydrogens (tertiary/aromatic N) is 1. The molecule has 2 saturated heterocycles. The van der Waals surface area contributed by atoms with Crippen molar-refractivity contribution in [1.82, 2.24) is 15.5 Å². The van der Waals surface area contributed by atoms with Gasteiger partial charge in [0.2, 0.25) is 5.91 Å². The molecule has 2 unspecified atom stereocenters. The zero-order valence-corrected chi connectivity index (χ0v) is 15.4. The van der Waals surface area contributed by atoms with Gasteiger partial charge in [-0.25, -0.2) is 0 Å². The average molecular weight is 361 g/mol. The molecule has 2 fully saturated rings. The van der Waals surface area contributed by atoms with Crippen LogP contribution in [0.15, 0.2) is 30.3 Å². The molecule has 6 nitrogen and oxygen atoms in total. The van der Waals surface area contributed by atoms with Crippen molar-refractivity contribution in [3.8, 4) is 0 Å². The van der Waals surface area contributed by atoms with Crippen LogP contribution in [0.3, 0.4) is 0 Å². The van der Waals surface area contributed by atoms with Gasteiger partial charge in [-0.3, -0.25) is 9.69 Å². The molecule has 0 radical (unpaired) electrons. The van der Waals surface area contributed by atoms with Gasteiger partial charge >= 0.3 is 0 Å². The number of aliphatic hydroxyl groups excluding tert-OH is 1. The van der Waals surface area contributed by atoms with Crippen LogP contribution in [0.4, 0.5) is 0 Å². The molecule has 2 aliphatic heterocycles. The smallest absolute Gasteiger partial charge is 0.237 e. The second-order valence-electron chi connectivity index (χ2n) is 7.33. The molecule has 2 aliphatic rings. The Kier molecular flexibility index (Phi) is 7.43. The van der Waals surface area contributed by atoms with Crippen molar-refractivity contribution in [3.63, 3.8) is 0 Å². The summed E-state index contributed by atoms with van der Waals surface area (Å²) in [6, 6.07) is 10.3. The number of carbonyl (C=O) groups excluding carboxylic acids is 1. The van der Waals surface area contributed by atoms with Crippen molar-refractivity contribution in [2.24, 2.45) is 0 Å². The van der Waals surface area contributed by atoms with E-state index in [1.807, 2.05) is 0 Å². The zero-order chi connectivity index (χ0) is 18.2. The average Bonchev–Trinajstić information content (AvgIpc) is 3.10. The number of carbonyl (C=O) groups is 1. The van der Waals surface area contributed by atoms with E-state index in [9.17, 15) is 9.90 Å². The summed E-state index contributed by atoms with van der Waals surface area (Å²) in [5.41, 5.74) is 1.37. The molecular weight excluding hydrogens is 330 g/mol. The monoisotopic (exact) mass is 361 g/mol. The lowest BCUT2D eigenvalue weighted by Gasteiger charge is -2.32. The van der Waals surface area contributed by atoms with Gasteiger partial charge in [0, 0.05) is 39.3 Å². The lowest BCUT2D eigenvalue weighted by molar-refractivity contribution is -0.123. The first kappa shape index (κ1) is 19.3. The number of likely N-dealkylation sites (tertiary alicyclic amines) is 1. The molecule has 0 aliphatic carbocycles. The van der Waals surface area contributed by atoms with Crippen LogP contribution in [0, 0.1) is 0 Å². The normalized spacial score (nSPS) is 24.7. The van der Waals surface area contributed by atoms with Gasteiger partial charge in [0.25, 0.3) is 0 Å². The maximum atomic E-state index is 11.9. The molecule has 2 heterocycles. The zero-order valence-electron chi connectivity index (χ0n) is 15.4. The Morgan fingerprint density at radius 2 is 2.04 bits per heavy atom. The van der Waals surface area contributed by atoms with Gasteiger partial charge in [0.1, 0.15) is 0 Å². The number of amides is 1. The lowest BCUT2D eigenvalue weighted by atomic mass is 10.1. The fraction of sp³-hybridized carbons (Fsp3) is 0.650. The molecule has 0 bridgehead atoms. The Morgan fingerprint density at radius 1 is 1.27 bits per heavy atom. The molecule has 26 heavy (non-hydrogen) atoms. The molecular formula is C20H31N3O3. The van der Waals surface area contributed by atoms with Crippen LogP contribution < -0.4 is 10.6 Å². The third-order valence-electron chi connectivity index (χ3n) is 5.18. The van der Waals surface area contributed by atoms with Crippen molar-refractivity contribution in [3.05, 3.63) is 35.9 Å². The minimum atomic E-state index is -0.401. The van der Waals surface area contributed by atoms with Crippen molar-refractivity contribution in [2.75, 3.05) is 32.8 Å². The maximum Gasteiger partial charge on any atom is 0.237 e. The SMILES string of the molecule is O=C(NCCCOC1CCN(Cc2ccccc2)CC1)C1CC(O)CN1. The third-order valence-corrected chi connectivity index (χ3v) is 5.18. The van der Waals surface area contributed by atoms with Crippen molar-refractivity contribution in [1.29, 1.82) is 0 Å². The van der Waals surface area contributed by atoms with Gasteiger partial charge in [0.15, 0.2) is 0 Å². The van der Waals surface area contributed by atoms with Gasteiger partial charge < -0.3 is 20.5 Å². The van der Waals surface area contributed by atoms with E-state index in [-0.39, 0.29) is 11.9 Å². The second-order valence-corrected chi connectivity index (χ2v) is 7.33. The second kappa shape index (κ2) is 10.0. The number of β-amino-alcohol motifs (C(OH)–C–C–N with tert-alkyl or cyclic N) is 1. The van der Waals surface area contributed by atoms with Crippen LogP contribution in [0.25, 0.3) is 0 Å². The van der Waals surface area contributed by atoms with Gasteiger partial charge in [-0.2, -0.15) is 0 Å². The summed E-state index contributed by atoms with van der Waals surface area (Å²) >= 11 is 0. The van der Waals surface area contributed by atoms with Crippen LogP contribution >= 0.6 is 0 Å². The van der Waals surface area contributed by atoms with Crippen LogP contribution in [-0.2, 0) is 16.1 Å². The van der Waals surface area contributed by atoms with Gasteiger partial charge in [-0.05, 0) is 31.2 Å². The third kappa shape index (κ3) is 6.06. The summed E-state index contributed by atoms with van der Waals surface area (Å²) in [5.74, 6) is -0.0178. The van der Waals surface area contributed by atoms with E-state index < -0.39 is 6.10 Å². The largest absolute Gasteiger partial charge is 0.392 e. The number of hydrogen-bond donors (Lipinski definition) is 3. The molecule has 2 atom stereocenters. The minimum Gasteiger partial charge on any atom is -0.392 e. The Bertz CT molecular complexity index is 546. The standard InChI is InChI=1S/C20H31N3O3/c24-17-13-19(22-14-17)20(25)21-9-4-12-26-18-7-10-23(11-8-18)15-16-5-2-1-3-6-16/h1-3,5-6,17-19,22,24H,4,7-15H2,(H,21,25). The highest BCUT2D eigenvalue weighted by atomic mass is 16.5. The summed E-state index contributed by atoms with van der Waals surface area (Å²) in [4.78, 5) is 14.4. The highest BCUT2D eigenvalue weighted by Gasteiger charge is 2.27. The van der Waals surface area contributed by atoms with Crippen molar-refractivity contribution < 1.29 is 14.6 Å². The van der Waals surface area contributed by atoms with E-state index in [4.69, 9.17) is 4.74 Å². The maximum absolute atomic E-state index is 11.9. The number of nitrogens with one attached hydrogen (secondary N) is 2. The van der Waals surface area contributed by atoms with Crippen molar-refractivity contribution in [2.45, 2.75) is 50.5 Å². The van der Waals surface area contributed by atoms with E-state index in [0.717, 1.165) is 38.9 Å². The van der Waals surface area contributed by atoms with Crippen LogP contribution in [0.5, 0.6) is 0 Å². The summed E-state index contributed by atoms with van der Waals surface area (Å²) in [6.07, 6.45) is 3.41. The number of benzene rings is 1. The van der Waals surface area contributed by atoms with Gasteiger partial charge in [-0.1, -0.05) is 30.3 Å².